The molecule has 0 amide bonds. The van der Waals surface area contributed by atoms with Gasteiger partial charge in [0.15, 0.2) is 0 Å². The first-order valence-electron chi connectivity index (χ1n) is 19.3. The van der Waals surface area contributed by atoms with E-state index in [2.05, 4.69) is 127 Å². The summed E-state index contributed by atoms with van der Waals surface area (Å²) in [5.41, 5.74) is 12.9. The number of rotatable bonds is 8. The van der Waals surface area contributed by atoms with E-state index < -0.39 is 0 Å². The zero-order valence-electron chi connectivity index (χ0n) is 32.4. The van der Waals surface area contributed by atoms with Crippen molar-refractivity contribution in [3.05, 3.63) is 144 Å². The fraction of sp³-hybridized carbons (Fsp3) is 0.102. The van der Waals surface area contributed by atoms with Gasteiger partial charge in [-0.05, 0) is 108 Å². The first-order valence-corrected chi connectivity index (χ1v) is 24.5. The van der Waals surface area contributed by atoms with E-state index in [-0.39, 0.29) is 0 Å². The molecule has 5 nitrogen and oxygen atoms in total. The lowest BCUT2D eigenvalue weighted by atomic mass is 10.1. The Hall–Kier alpha value is -5.63. The summed E-state index contributed by atoms with van der Waals surface area (Å²) < 4.78 is 2.19. The molecular weight excluding hydrogens is 851 g/mol. The van der Waals surface area contributed by atoms with Crippen molar-refractivity contribution in [1.82, 2.24) is 9.55 Å². The molecule has 8 heterocycles. The minimum Gasteiger partial charge on any atom is -0.396 e. The number of hydrogen-bond acceptors (Lipinski definition) is 9. The van der Waals surface area contributed by atoms with E-state index in [0.717, 1.165) is 90.6 Å². The molecule has 2 aromatic carbocycles. The number of aryl methyl sites for hydroxylation is 1. The summed E-state index contributed by atoms with van der Waals surface area (Å²) in [6.45, 7) is 9.06. The standard InChI is InChI=1S/C49H35N5S6/c1-27-47(33-11-8-29(23-36(33)53-27)39-14-17-44(58-39)45-18-19-46(60-45)49(52)35(26-51)41-7-5-21-56-41)48-28(2)54(3)37-24-30(9-12-34(37)48)40-15-16-43(59-40)42-13-10-32(57-42)22-31(25-50)38-6-4-20-55-38/h5,7-19,21-24,38,53H,1-2,4,6,20,52H2,3H3/b31-22+,48-47+,49-35-. The lowest BCUT2D eigenvalue weighted by molar-refractivity contribution is 0.868. The second-order valence-electron chi connectivity index (χ2n) is 14.6. The van der Waals surface area contributed by atoms with E-state index >= 15 is 0 Å². The molecule has 1 fully saturated rings. The molecule has 1 aliphatic heterocycles. The van der Waals surface area contributed by atoms with E-state index in [1.165, 1.54) is 42.8 Å². The molecule has 11 heteroatoms. The molecule has 0 saturated carbocycles. The molecule has 3 N–H and O–H groups in total. The fourth-order valence-corrected chi connectivity index (χ4v) is 14.1. The average Bonchev–Trinajstić information content (AvgIpc) is 4.11. The SMILES string of the molecule is C=c1[nH]c2cc(-c3ccc(-c4ccc(/C(N)=C(\C#N)c5cccs5)s4)s3)ccc2/c1=c1\c(=C)n(C)c2cc(-c3ccc(-c4ccc(/C=C(\C#N)C5CCCS5)s4)s3)ccc12. The van der Waals surface area contributed by atoms with Crippen molar-refractivity contribution in [2.45, 2.75) is 18.1 Å². The summed E-state index contributed by atoms with van der Waals surface area (Å²) in [6, 6.07) is 39.2. The van der Waals surface area contributed by atoms with Gasteiger partial charge in [-0.2, -0.15) is 22.3 Å². The third-order valence-corrected chi connectivity index (χ3v) is 18.2. The third-order valence-electron chi connectivity index (χ3n) is 11.1. The number of thioether (sulfide) groups is 1. The van der Waals surface area contributed by atoms with Crippen LogP contribution in [0, 0.1) is 33.1 Å². The Balaban J connectivity index is 0.954. The number of hydrogen-bond donors (Lipinski definition) is 2. The zero-order valence-corrected chi connectivity index (χ0v) is 37.3. The van der Waals surface area contributed by atoms with Gasteiger partial charge in [0.1, 0.15) is 6.07 Å². The molecule has 292 valence electrons. The molecule has 0 aliphatic carbocycles. The summed E-state index contributed by atoms with van der Waals surface area (Å²) in [7, 11) is 2.09. The largest absolute Gasteiger partial charge is 0.396 e. The van der Waals surface area contributed by atoms with Crippen molar-refractivity contribution < 1.29 is 0 Å². The van der Waals surface area contributed by atoms with Crippen LogP contribution in [0.5, 0.6) is 0 Å². The highest BCUT2D eigenvalue weighted by molar-refractivity contribution is 8.00. The van der Waals surface area contributed by atoms with Crippen LogP contribution < -0.4 is 16.4 Å². The van der Waals surface area contributed by atoms with Gasteiger partial charge >= 0.3 is 0 Å². The topological polar surface area (TPSA) is 94.3 Å². The number of allylic oxidation sites excluding steroid dienone is 1. The van der Waals surface area contributed by atoms with Crippen molar-refractivity contribution in [3.63, 3.8) is 0 Å². The average molecular weight is 886 g/mol. The molecule has 1 saturated heterocycles. The van der Waals surface area contributed by atoms with Gasteiger partial charge in [0.2, 0.25) is 0 Å². The predicted octanol–water partition coefficient (Wildman–Crippen LogP) is 12.9. The van der Waals surface area contributed by atoms with Crippen LogP contribution in [-0.4, -0.2) is 20.6 Å². The van der Waals surface area contributed by atoms with Gasteiger partial charge in [-0.25, -0.2) is 0 Å². The van der Waals surface area contributed by atoms with Crippen LogP contribution in [0.2, 0.25) is 0 Å². The van der Waals surface area contributed by atoms with Gasteiger partial charge in [-0.1, -0.05) is 43.5 Å². The first-order chi connectivity index (χ1) is 29.3. The number of nitrogens with one attached hydrogen (secondary N) is 1. The number of nitriles is 2. The van der Waals surface area contributed by atoms with E-state index in [1.807, 2.05) is 35.3 Å². The summed E-state index contributed by atoms with van der Waals surface area (Å²) in [5, 5.41) is 28.2. The molecule has 7 aromatic heterocycles. The summed E-state index contributed by atoms with van der Waals surface area (Å²) in [5.74, 6) is 1.14. The van der Waals surface area contributed by atoms with Crippen molar-refractivity contribution >= 4 is 121 Å². The van der Waals surface area contributed by atoms with Gasteiger partial charge in [-0.15, -0.1) is 56.7 Å². The smallest absolute Gasteiger partial charge is 0.103 e. The van der Waals surface area contributed by atoms with Crippen LogP contribution in [0.4, 0.5) is 0 Å². The maximum Gasteiger partial charge on any atom is 0.103 e. The molecule has 1 aliphatic rings. The molecule has 1 atom stereocenters. The highest BCUT2D eigenvalue weighted by Gasteiger charge is 2.21. The minimum absolute atomic E-state index is 0.330. The number of H-pyrrole nitrogens is 1. The van der Waals surface area contributed by atoms with E-state index in [4.69, 9.17) is 5.73 Å². The number of benzene rings is 2. The van der Waals surface area contributed by atoms with Crippen molar-refractivity contribution in [1.29, 1.82) is 10.5 Å². The van der Waals surface area contributed by atoms with E-state index in [1.54, 1.807) is 45.3 Å². The first kappa shape index (κ1) is 38.6. The van der Waals surface area contributed by atoms with Crippen LogP contribution in [0.3, 0.4) is 0 Å². The van der Waals surface area contributed by atoms with Crippen LogP contribution >= 0.6 is 68.4 Å². The number of fused-ring (bicyclic) bond motifs is 2. The number of nitrogens with zero attached hydrogens (tertiary/aromatic N) is 3. The summed E-state index contributed by atoms with van der Waals surface area (Å²) in [6.07, 6.45) is 4.37. The van der Waals surface area contributed by atoms with Gasteiger partial charge in [0.25, 0.3) is 0 Å². The van der Waals surface area contributed by atoms with E-state index in [0.29, 0.717) is 16.5 Å². The second-order valence-corrected chi connectivity index (χ2v) is 21.3. The van der Waals surface area contributed by atoms with Crippen LogP contribution in [-0.2, 0) is 7.05 Å². The Labute approximate surface area is 371 Å². The molecule has 0 spiro atoms. The Morgan fingerprint density at radius 3 is 2.15 bits per heavy atom. The Morgan fingerprint density at radius 2 is 1.45 bits per heavy atom. The van der Waals surface area contributed by atoms with Crippen LogP contribution in [0.1, 0.15) is 27.5 Å². The molecule has 0 radical (unpaired) electrons. The lowest BCUT2D eigenvalue weighted by Crippen LogP contribution is -2.12. The predicted molar refractivity (Wildman–Crippen MR) is 262 cm³/mol. The highest BCUT2D eigenvalue weighted by Crippen LogP contribution is 2.42. The monoisotopic (exact) mass is 885 g/mol. The van der Waals surface area contributed by atoms with Crippen molar-refractivity contribution in [3.8, 4) is 52.5 Å². The maximum absolute atomic E-state index is 9.83. The Kier molecular flexibility index (Phi) is 10.1. The number of thiophene rings is 5. The van der Waals surface area contributed by atoms with E-state index in [9.17, 15) is 10.5 Å². The molecule has 1 unspecified atom stereocenters. The Morgan fingerprint density at radius 1 is 0.767 bits per heavy atom. The number of nitrogens with two attached hydrogens (primary N) is 1. The van der Waals surface area contributed by atoms with Crippen LogP contribution in [0.15, 0.2) is 108 Å². The molecule has 0 bridgehead atoms. The molecular formula is C49H35N5S6. The normalized spacial score (nSPS) is 15.4. The quantitative estimate of drug-likeness (QED) is 0.149. The minimum atomic E-state index is 0.330. The summed E-state index contributed by atoms with van der Waals surface area (Å²) >= 11 is 10.3. The third kappa shape index (κ3) is 6.82. The zero-order chi connectivity index (χ0) is 41.1. The maximum atomic E-state index is 9.83. The fourth-order valence-electron chi connectivity index (χ4n) is 8.01. The van der Waals surface area contributed by atoms with Crippen molar-refractivity contribution in [2.75, 3.05) is 5.75 Å². The Bertz CT molecular complexity index is 3490. The molecule has 60 heavy (non-hydrogen) atoms. The number of aromatic nitrogens is 2. The highest BCUT2D eigenvalue weighted by atomic mass is 32.2. The van der Waals surface area contributed by atoms with Gasteiger partial charge in [-0.3, -0.25) is 0 Å². The van der Waals surface area contributed by atoms with Crippen LogP contribution in [0.25, 0.3) is 92.7 Å². The van der Waals surface area contributed by atoms with Crippen molar-refractivity contribution in [2.24, 2.45) is 12.8 Å². The van der Waals surface area contributed by atoms with Gasteiger partial charge in [0.05, 0.1) is 22.2 Å². The molecule has 10 rings (SSSR count). The number of aromatic amines is 1. The summed E-state index contributed by atoms with van der Waals surface area (Å²) in [4.78, 5) is 13.6. The van der Waals surface area contributed by atoms with Gasteiger partial charge in [0, 0.05) is 99.8 Å². The lowest BCUT2D eigenvalue weighted by Gasteiger charge is -2.05. The molecule has 9 aromatic rings. The van der Waals surface area contributed by atoms with Gasteiger partial charge < -0.3 is 15.3 Å². The second kappa shape index (κ2) is 15.8.